The van der Waals surface area contributed by atoms with E-state index in [1.807, 2.05) is 0 Å². The van der Waals surface area contributed by atoms with Crippen LogP contribution in [0.1, 0.15) is 12.8 Å². The highest BCUT2D eigenvalue weighted by molar-refractivity contribution is 7.86. The maximum Gasteiger partial charge on any atom is 0.451 e. The van der Waals surface area contributed by atoms with E-state index in [1.54, 1.807) is 0 Å². The van der Waals surface area contributed by atoms with Crippen LogP contribution in [0.3, 0.4) is 0 Å². The van der Waals surface area contributed by atoms with Crippen LogP contribution >= 0.6 is 0 Å². The molecule has 9 nitrogen and oxygen atoms in total. The van der Waals surface area contributed by atoms with Gasteiger partial charge in [0.2, 0.25) is 0 Å². The van der Waals surface area contributed by atoms with Crippen molar-refractivity contribution in [3.63, 3.8) is 0 Å². The average molecular weight is 295 g/mol. The Labute approximate surface area is 111 Å². The lowest BCUT2D eigenvalue weighted by Gasteiger charge is -2.25. The Morgan fingerprint density at radius 2 is 2.05 bits per heavy atom. The van der Waals surface area contributed by atoms with Gasteiger partial charge in [-0.05, 0) is 12.7 Å². The number of aliphatic carboxylic acids is 1. The minimum Gasteiger partial charge on any atom is -0.480 e. The molecule has 2 atom stereocenters. The Bertz CT molecular complexity index is 444. The molecule has 1 fully saturated rings. The highest BCUT2D eigenvalue weighted by atomic mass is 32.2. The van der Waals surface area contributed by atoms with Crippen LogP contribution in [0.2, 0.25) is 6.32 Å². The fourth-order valence-electron chi connectivity index (χ4n) is 2.23. The molecule has 1 aliphatic heterocycles. The first-order chi connectivity index (χ1) is 8.57. The predicted molar refractivity (Wildman–Crippen MR) is 67.0 cm³/mol. The Morgan fingerprint density at radius 3 is 2.47 bits per heavy atom. The summed E-state index contributed by atoms with van der Waals surface area (Å²) in [6.07, 6.45) is 0.668. The van der Waals surface area contributed by atoms with Gasteiger partial charge in [-0.15, -0.1) is 0 Å². The van der Waals surface area contributed by atoms with Crippen molar-refractivity contribution in [1.29, 1.82) is 0 Å². The van der Waals surface area contributed by atoms with E-state index in [4.69, 9.17) is 26.0 Å². The minimum atomic E-state index is -3.99. The normalized spacial score (nSPS) is 28.5. The first-order valence-corrected chi connectivity index (χ1v) is 7.24. The zero-order chi connectivity index (χ0) is 14.8. The second-order valence-electron chi connectivity index (χ2n) is 4.79. The van der Waals surface area contributed by atoms with Crippen molar-refractivity contribution >= 4 is 23.3 Å². The lowest BCUT2D eigenvalue weighted by molar-refractivity contribution is -0.144. The number of carboxylic acids is 1. The van der Waals surface area contributed by atoms with Gasteiger partial charge in [0.05, 0.1) is 0 Å². The Balaban J connectivity index is 2.79. The molecule has 0 aliphatic carbocycles. The summed E-state index contributed by atoms with van der Waals surface area (Å²) in [4.78, 5) is 11.2. The summed E-state index contributed by atoms with van der Waals surface area (Å²) < 4.78 is 23.3. The van der Waals surface area contributed by atoms with Gasteiger partial charge in [0.15, 0.2) is 0 Å². The molecule has 7 N–H and O–H groups in total. The van der Waals surface area contributed by atoms with Crippen LogP contribution in [0.4, 0.5) is 0 Å². The molecule has 0 radical (unpaired) electrons. The fourth-order valence-corrected chi connectivity index (χ4v) is 3.01. The first kappa shape index (κ1) is 16.3. The lowest BCUT2D eigenvalue weighted by Crippen LogP contribution is -2.55. The van der Waals surface area contributed by atoms with E-state index in [9.17, 15) is 13.2 Å². The van der Waals surface area contributed by atoms with Crippen molar-refractivity contribution in [3.8, 4) is 0 Å². The van der Waals surface area contributed by atoms with Crippen LogP contribution in [0, 0.1) is 5.92 Å². The third-order valence-electron chi connectivity index (χ3n) is 3.36. The van der Waals surface area contributed by atoms with Crippen molar-refractivity contribution in [2.45, 2.75) is 24.7 Å². The molecule has 0 aromatic carbocycles. The smallest absolute Gasteiger partial charge is 0.451 e. The molecule has 0 spiro atoms. The molecule has 19 heavy (non-hydrogen) atoms. The van der Waals surface area contributed by atoms with Gasteiger partial charge in [-0.2, -0.15) is 12.7 Å². The van der Waals surface area contributed by atoms with Crippen molar-refractivity contribution in [2.24, 2.45) is 16.8 Å². The van der Waals surface area contributed by atoms with Crippen LogP contribution < -0.4 is 10.9 Å². The third kappa shape index (κ3) is 3.87. The number of hydrogen-bond acceptors (Lipinski definition) is 6. The molecular weight excluding hydrogens is 277 g/mol. The summed E-state index contributed by atoms with van der Waals surface area (Å²) in [7, 11) is -5.47. The van der Waals surface area contributed by atoms with E-state index in [-0.39, 0.29) is 25.8 Å². The molecular formula is C8H18BN3O6S. The van der Waals surface area contributed by atoms with Crippen molar-refractivity contribution in [3.05, 3.63) is 0 Å². The third-order valence-corrected chi connectivity index (χ3v) is 4.36. The zero-order valence-corrected chi connectivity index (χ0v) is 11.1. The van der Waals surface area contributed by atoms with Gasteiger partial charge in [0.1, 0.15) is 5.54 Å². The molecule has 1 heterocycles. The zero-order valence-electron chi connectivity index (χ0n) is 10.3. The number of nitrogens with two attached hydrogens (primary N) is 2. The van der Waals surface area contributed by atoms with Gasteiger partial charge in [0.25, 0.3) is 10.2 Å². The van der Waals surface area contributed by atoms with Crippen molar-refractivity contribution in [2.75, 3.05) is 13.1 Å². The maximum absolute atomic E-state index is 11.2. The SMILES string of the molecule is N[C@@]1(C(=O)O)CN(S(N)(=O)=O)C[C@@H]1CCCB(O)O. The summed E-state index contributed by atoms with van der Waals surface area (Å²) in [6.45, 7) is -0.462. The quantitative estimate of drug-likeness (QED) is 0.329. The van der Waals surface area contributed by atoms with Crippen LogP contribution in [0.5, 0.6) is 0 Å². The molecule has 11 heteroatoms. The van der Waals surface area contributed by atoms with E-state index in [0.717, 1.165) is 4.31 Å². The molecule has 0 aromatic rings. The summed E-state index contributed by atoms with van der Waals surface area (Å²) in [6, 6.07) is 0. The molecule has 1 aliphatic rings. The second kappa shape index (κ2) is 5.73. The van der Waals surface area contributed by atoms with E-state index in [2.05, 4.69) is 0 Å². The van der Waals surface area contributed by atoms with Crippen molar-refractivity contribution in [1.82, 2.24) is 4.31 Å². The fraction of sp³-hybridized carbons (Fsp3) is 0.875. The number of carbonyl (C=O) groups is 1. The van der Waals surface area contributed by atoms with Gasteiger partial charge >= 0.3 is 13.1 Å². The molecule has 0 unspecified atom stereocenters. The standard InChI is InChI=1S/C8H18BN3O6S/c10-8(7(13)14)5-12(19(11,17)18)4-6(8)2-1-3-9(15)16/h6,15-16H,1-5,10H2,(H,13,14)(H2,11,17,18)/t6-,8-/m0/s1. The van der Waals surface area contributed by atoms with Gasteiger partial charge < -0.3 is 20.9 Å². The second-order valence-corrected chi connectivity index (χ2v) is 6.34. The molecule has 0 bridgehead atoms. The summed E-state index contributed by atoms with van der Waals surface area (Å²) in [5.74, 6) is -1.92. The van der Waals surface area contributed by atoms with Gasteiger partial charge in [-0.25, -0.2) is 5.14 Å². The highest BCUT2D eigenvalue weighted by Gasteiger charge is 2.51. The van der Waals surface area contributed by atoms with Crippen LogP contribution in [0.15, 0.2) is 0 Å². The number of hydrogen-bond donors (Lipinski definition) is 5. The Hall–Kier alpha value is -0.715. The average Bonchev–Trinajstić information content (AvgIpc) is 2.57. The summed E-state index contributed by atoms with van der Waals surface area (Å²) in [5.41, 5.74) is 4.06. The Kier molecular flexibility index (Phi) is 4.93. The van der Waals surface area contributed by atoms with E-state index >= 15 is 0 Å². The van der Waals surface area contributed by atoms with Gasteiger partial charge in [-0.3, -0.25) is 4.79 Å². The summed E-state index contributed by atoms with van der Waals surface area (Å²) in [5, 5.41) is 31.6. The first-order valence-electron chi connectivity index (χ1n) is 5.73. The Morgan fingerprint density at radius 1 is 1.47 bits per heavy atom. The molecule has 1 saturated heterocycles. The van der Waals surface area contributed by atoms with Crippen molar-refractivity contribution < 1.29 is 28.4 Å². The lowest BCUT2D eigenvalue weighted by atomic mass is 9.78. The molecule has 0 aromatic heterocycles. The van der Waals surface area contributed by atoms with Crippen LogP contribution in [-0.4, -0.2) is 59.6 Å². The van der Waals surface area contributed by atoms with E-state index < -0.39 is 34.8 Å². The number of rotatable bonds is 6. The van der Waals surface area contributed by atoms with Gasteiger partial charge in [-0.1, -0.05) is 6.42 Å². The molecule has 1 rings (SSSR count). The van der Waals surface area contributed by atoms with Crippen LogP contribution in [0.25, 0.3) is 0 Å². The number of carboxylic acid groups (broad SMARTS) is 1. The predicted octanol–water partition coefficient (Wildman–Crippen LogP) is -2.84. The molecule has 110 valence electrons. The topological polar surface area (TPSA) is 167 Å². The monoisotopic (exact) mass is 295 g/mol. The maximum atomic E-state index is 11.2. The minimum absolute atomic E-state index is 0.0710. The largest absolute Gasteiger partial charge is 0.480 e. The van der Waals surface area contributed by atoms with Gasteiger partial charge in [0, 0.05) is 19.0 Å². The van der Waals surface area contributed by atoms with E-state index in [0.29, 0.717) is 6.42 Å². The van der Waals surface area contributed by atoms with Crippen LogP contribution in [-0.2, 0) is 15.0 Å². The molecule has 0 saturated carbocycles. The molecule has 0 amide bonds. The highest BCUT2D eigenvalue weighted by Crippen LogP contribution is 2.31. The number of nitrogens with zero attached hydrogens (tertiary/aromatic N) is 1. The van der Waals surface area contributed by atoms with E-state index in [1.165, 1.54) is 0 Å². The summed E-state index contributed by atoms with van der Waals surface area (Å²) >= 11 is 0.